The molecule has 0 bridgehead atoms. The molecule has 6 heteroatoms. The molecule has 138 valence electrons. The van der Waals surface area contributed by atoms with Gasteiger partial charge in [0.1, 0.15) is 16.2 Å². The molecule has 0 aliphatic carbocycles. The molecule has 1 aliphatic rings. The summed E-state index contributed by atoms with van der Waals surface area (Å²) in [6, 6.07) is 15.8. The molecular formula is C21H20N2O2S2. The molecule has 0 radical (unpaired) electrons. The zero-order valence-corrected chi connectivity index (χ0v) is 16.6. The van der Waals surface area contributed by atoms with Crippen LogP contribution in [0.1, 0.15) is 27.2 Å². The Bertz CT molecular complexity index is 912. The van der Waals surface area contributed by atoms with Crippen LogP contribution in [0.25, 0.3) is 0 Å². The Hall–Kier alpha value is -2.31. The topological polar surface area (TPSA) is 51.2 Å². The first-order valence-corrected chi connectivity index (χ1v) is 10.7. The molecule has 4 nitrogen and oxygen atoms in total. The number of nitrogens with zero attached hydrogens (tertiary/aromatic N) is 1. The third-order valence-electron chi connectivity index (χ3n) is 4.38. The van der Waals surface area contributed by atoms with Crippen LogP contribution in [0.5, 0.6) is 5.75 Å². The monoisotopic (exact) mass is 396 g/mol. The Balaban J connectivity index is 1.27. The molecule has 1 N–H and O–H groups in total. The van der Waals surface area contributed by atoms with E-state index in [1.54, 1.807) is 23.1 Å². The normalized spacial score (nSPS) is 15.2. The summed E-state index contributed by atoms with van der Waals surface area (Å²) in [6.45, 7) is 2.51. The highest BCUT2D eigenvalue weighted by molar-refractivity contribution is 8.00. The van der Waals surface area contributed by atoms with Gasteiger partial charge in [0, 0.05) is 28.8 Å². The van der Waals surface area contributed by atoms with Crippen LogP contribution in [-0.2, 0) is 12.2 Å². The quantitative estimate of drug-likeness (QED) is 0.624. The summed E-state index contributed by atoms with van der Waals surface area (Å²) in [7, 11) is 0. The number of thiazole rings is 1. The van der Waals surface area contributed by atoms with Crippen LogP contribution in [0.2, 0.25) is 0 Å². The van der Waals surface area contributed by atoms with E-state index in [0.29, 0.717) is 12.1 Å². The molecule has 1 aromatic heterocycles. The second-order valence-corrected chi connectivity index (χ2v) is 8.58. The lowest BCUT2D eigenvalue weighted by Crippen LogP contribution is -2.34. The lowest BCUT2D eigenvalue weighted by atomic mass is 10.1. The molecule has 3 aromatic rings. The van der Waals surface area contributed by atoms with Crippen LogP contribution in [-0.4, -0.2) is 23.5 Å². The first kappa shape index (κ1) is 18.1. The van der Waals surface area contributed by atoms with Crippen LogP contribution >= 0.6 is 23.1 Å². The fourth-order valence-electron chi connectivity index (χ4n) is 2.97. The molecule has 27 heavy (non-hydrogen) atoms. The second-order valence-electron chi connectivity index (χ2n) is 6.50. The molecular weight excluding hydrogens is 376 g/mol. The van der Waals surface area contributed by atoms with Gasteiger partial charge in [0.15, 0.2) is 0 Å². The number of benzene rings is 2. The summed E-state index contributed by atoms with van der Waals surface area (Å²) in [5.74, 6) is 1.71. The number of rotatable bonds is 6. The minimum Gasteiger partial charge on any atom is -0.488 e. The minimum absolute atomic E-state index is 0.00350. The molecule has 1 unspecified atom stereocenters. The fraction of sp³-hybridized carbons (Fsp3) is 0.238. The summed E-state index contributed by atoms with van der Waals surface area (Å²) < 4.78 is 6.94. The standard InChI is InChI=1S/C21H20N2O2S2/c1-14-12-26-21(23-14)27-13-15-6-8-16(9-7-15)20(24)22-11-18-10-17-4-2-3-5-19(17)25-18/h2-9,12,18H,10-11,13H2,1H3,(H,22,24). The van der Waals surface area contributed by atoms with Crippen molar-refractivity contribution >= 4 is 29.0 Å². The predicted molar refractivity (Wildman–Crippen MR) is 110 cm³/mol. The number of carbonyl (C=O) groups is 1. The Kier molecular flexibility index (Phi) is 5.45. The van der Waals surface area contributed by atoms with Gasteiger partial charge in [-0.15, -0.1) is 11.3 Å². The largest absolute Gasteiger partial charge is 0.488 e. The van der Waals surface area contributed by atoms with Gasteiger partial charge < -0.3 is 10.1 Å². The number of carbonyl (C=O) groups excluding carboxylic acids is 1. The number of aromatic nitrogens is 1. The third kappa shape index (κ3) is 4.51. The van der Waals surface area contributed by atoms with Crippen LogP contribution in [0.15, 0.2) is 58.3 Å². The Morgan fingerprint density at radius 1 is 1.26 bits per heavy atom. The van der Waals surface area contributed by atoms with E-state index in [9.17, 15) is 4.79 Å². The lowest BCUT2D eigenvalue weighted by molar-refractivity contribution is 0.0933. The lowest BCUT2D eigenvalue weighted by Gasteiger charge is -2.12. The van der Waals surface area contributed by atoms with Gasteiger partial charge in [-0.3, -0.25) is 4.79 Å². The van der Waals surface area contributed by atoms with Gasteiger partial charge in [-0.25, -0.2) is 4.98 Å². The summed E-state index contributed by atoms with van der Waals surface area (Å²) >= 11 is 3.39. The van der Waals surface area contributed by atoms with Crippen LogP contribution in [0, 0.1) is 6.92 Å². The summed E-state index contributed by atoms with van der Waals surface area (Å²) in [4.78, 5) is 16.8. The number of nitrogens with one attached hydrogen (secondary N) is 1. The van der Waals surface area contributed by atoms with Crippen molar-refractivity contribution in [1.29, 1.82) is 0 Å². The molecule has 4 rings (SSSR count). The molecule has 0 spiro atoms. The molecule has 1 aliphatic heterocycles. The van der Waals surface area contributed by atoms with E-state index in [4.69, 9.17) is 4.74 Å². The Labute approximate surface area is 167 Å². The van der Waals surface area contributed by atoms with Gasteiger partial charge in [0.2, 0.25) is 0 Å². The first-order valence-electron chi connectivity index (χ1n) is 8.84. The van der Waals surface area contributed by atoms with Gasteiger partial charge >= 0.3 is 0 Å². The maximum Gasteiger partial charge on any atom is 0.251 e. The van der Waals surface area contributed by atoms with E-state index in [0.717, 1.165) is 28.0 Å². The SMILES string of the molecule is Cc1csc(SCc2ccc(C(=O)NCC3Cc4ccccc4O3)cc2)n1. The minimum atomic E-state index is -0.0655. The van der Waals surface area contributed by atoms with Crippen molar-refractivity contribution in [3.63, 3.8) is 0 Å². The Morgan fingerprint density at radius 2 is 2.07 bits per heavy atom. The van der Waals surface area contributed by atoms with Gasteiger partial charge in [-0.1, -0.05) is 42.1 Å². The van der Waals surface area contributed by atoms with Crippen LogP contribution < -0.4 is 10.1 Å². The van der Waals surface area contributed by atoms with Gasteiger partial charge in [-0.2, -0.15) is 0 Å². The van der Waals surface area contributed by atoms with Crippen molar-refractivity contribution < 1.29 is 9.53 Å². The van der Waals surface area contributed by atoms with Crippen molar-refractivity contribution in [2.45, 2.75) is 29.5 Å². The molecule has 2 heterocycles. The van der Waals surface area contributed by atoms with Crippen molar-refractivity contribution in [2.24, 2.45) is 0 Å². The van der Waals surface area contributed by atoms with E-state index in [2.05, 4.69) is 21.7 Å². The zero-order chi connectivity index (χ0) is 18.6. The van der Waals surface area contributed by atoms with Crippen molar-refractivity contribution in [2.75, 3.05) is 6.54 Å². The van der Waals surface area contributed by atoms with E-state index < -0.39 is 0 Å². The number of thioether (sulfide) groups is 1. The maximum atomic E-state index is 12.4. The van der Waals surface area contributed by atoms with Crippen molar-refractivity contribution in [3.8, 4) is 5.75 Å². The van der Waals surface area contributed by atoms with Crippen molar-refractivity contribution in [1.82, 2.24) is 10.3 Å². The molecule has 0 saturated carbocycles. The third-order valence-corrected chi connectivity index (χ3v) is 6.59. The smallest absolute Gasteiger partial charge is 0.251 e. The number of fused-ring (bicyclic) bond motifs is 1. The molecule has 1 atom stereocenters. The maximum absolute atomic E-state index is 12.4. The zero-order valence-electron chi connectivity index (χ0n) is 15.0. The molecule has 0 saturated heterocycles. The number of aryl methyl sites for hydroxylation is 1. The van der Waals surface area contributed by atoms with Gasteiger partial charge in [0.05, 0.1) is 6.54 Å². The van der Waals surface area contributed by atoms with E-state index >= 15 is 0 Å². The summed E-state index contributed by atoms with van der Waals surface area (Å²) in [5.41, 5.74) is 4.11. The number of ether oxygens (including phenoxy) is 1. The average molecular weight is 397 g/mol. The predicted octanol–water partition coefficient (Wildman–Crippen LogP) is 4.48. The summed E-state index contributed by atoms with van der Waals surface area (Å²) in [6.07, 6.45) is 0.840. The number of hydrogen-bond acceptors (Lipinski definition) is 5. The highest BCUT2D eigenvalue weighted by Gasteiger charge is 2.22. The molecule has 2 aromatic carbocycles. The fourth-order valence-corrected chi connectivity index (χ4v) is 4.78. The number of para-hydroxylation sites is 1. The summed E-state index contributed by atoms with van der Waals surface area (Å²) in [5, 5.41) is 5.04. The second kappa shape index (κ2) is 8.15. The van der Waals surface area contributed by atoms with Crippen molar-refractivity contribution in [3.05, 3.63) is 76.3 Å². The Morgan fingerprint density at radius 3 is 2.81 bits per heavy atom. The first-order chi connectivity index (χ1) is 13.2. The molecule has 0 fully saturated rings. The number of hydrogen-bond donors (Lipinski definition) is 1. The van der Waals surface area contributed by atoms with E-state index in [-0.39, 0.29) is 12.0 Å². The number of amides is 1. The highest BCUT2D eigenvalue weighted by atomic mass is 32.2. The van der Waals surface area contributed by atoms with Gasteiger partial charge in [0.25, 0.3) is 5.91 Å². The van der Waals surface area contributed by atoms with Crippen LogP contribution in [0.3, 0.4) is 0 Å². The average Bonchev–Trinajstić information content (AvgIpc) is 3.30. The molecule has 1 amide bonds. The van der Waals surface area contributed by atoms with E-state index in [1.165, 1.54) is 11.1 Å². The highest BCUT2D eigenvalue weighted by Crippen LogP contribution is 2.28. The van der Waals surface area contributed by atoms with E-state index in [1.807, 2.05) is 49.4 Å². The van der Waals surface area contributed by atoms with Gasteiger partial charge in [-0.05, 0) is 36.2 Å². The van der Waals surface area contributed by atoms with Crippen LogP contribution in [0.4, 0.5) is 0 Å².